The molecule has 0 bridgehead atoms. The van der Waals surface area contributed by atoms with E-state index in [0.717, 1.165) is 5.56 Å². The molecule has 4 nitrogen and oxygen atoms in total. The van der Waals surface area contributed by atoms with Gasteiger partial charge in [-0.2, -0.15) is 0 Å². The number of allylic oxidation sites excluding steroid dienone is 2. The van der Waals surface area contributed by atoms with E-state index in [0.29, 0.717) is 23.3 Å². The fourth-order valence-corrected chi connectivity index (χ4v) is 2.46. The number of benzene rings is 2. The summed E-state index contributed by atoms with van der Waals surface area (Å²) < 4.78 is 5.56. The predicted octanol–water partition coefficient (Wildman–Crippen LogP) is 3.16. The van der Waals surface area contributed by atoms with Crippen molar-refractivity contribution >= 4 is 17.3 Å². The average molecular weight is 306 g/mol. The van der Waals surface area contributed by atoms with E-state index in [1.165, 1.54) is 13.0 Å². The van der Waals surface area contributed by atoms with Gasteiger partial charge >= 0.3 is 0 Å². The van der Waals surface area contributed by atoms with E-state index in [2.05, 4.69) is 0 Å². The fourth-order valence-electron chi connectivity index (χ4n) is 2.46. The van der Waals surface area contributed by atoms with Crippen molar-refractivity contribution in [1.82, 2.24) is 0 Å². The highest BCUT2D eigenvalue weighted by Gasteiger charge is 2.26. The van der Waals surface area contributed by atoms with E-state index in [-0.39, 0.29) is 23.1 Å². The summed E-state index contributed by atoms with van der Waals surface area (Å²) in [4.78, 5) is 35.5. The van der Waals surface area contributed by atoms with Crippen molar-refractivity contribution in [3.63, 3.8) is 0 Å². The topological polar surface area (TPSA) is 60.4 Å². The second-order valence-electron chi connectivity index (χ2n) is 5.37. The second-order valence-corrected chi connectivity index (χ2v) is 5.37. The van der Waals surface area contributed by atoms with Gasteiger partial charge in [-0.15, -0.1) is 0 Å². The Bertz CT molecular complexity index is 829. The Labute approximate surface area is 133 Å². The van der Waals surface area contributed by atoms with Gasteiger partial charge in [0.15, 0.2) is 11.5 Å². The lowest BCUT2D eigenvalue weighted by molar-refractivity contribution is -0.116. The Morgan fingerprint density at radius 2 is 1.61 bits per heavy atom. The number of carbonyl (C=O) groups excluding carboxylic acids is 3. The maximum absolute atomic E-state index is 12.4. The van der Waals surface area contributed by atoms with Gasteiger partial charge in [0.2, 0.25) is 5.78 Å². The van der Waals surface area contributed by atoms with Crippen LogP contribution in [0.1, 0.15) is 33.2 Å². The zero-order valence-electron chi connectivity index (χ0n) is 12.5. The van der Waals surface area contributed by atoms with Crippen molar-refractivity contribution in [3.05, 3.63) is 77.1 Å². The summed E-state index contributed by atoms with van der Waals surface area (Å²) in [5.41, 5.74) is 1.61. The average Bonchev–Trinajstić information content (AvgIpc) is 2.54. The van der Waals surface area contributed by atoms with Crippen LogP contribution in [-0.4, -0.2) is 17.3 Å². The third-order valence-corrected chi connectivity index (χ3v) is 3.53. The summed E-state index contributed by atoms with van der Waals surface area (Å²) in [5.74, 6) is -0.0282. The van der Waals surface area contributed by atoms with Crippen LogP contribution >= 0.6 is 0 Å². The molecule has 0 fully saturated rings. The van der Waals surface area contributed by atoms with E-state index in [4.69, 9.17) is 4.74 Å². The molecule has 0 aromatic heterocycles. The van der Waals surface area contributed by atoms with Gasteiger partial charge in [0.05, 0.1) is 0 Å². The van der Waals surface area contributed by atoms with Crippen LogP contribution in [0.4, 0.5) is 0 Å². The zero-order valence-corrected chi connectivity index (χ0v) is 12.5. The van der Waals surface area contributed by atoms with Crippen LogP contribution in [0.15, 0.2) is 60.4 Å². The highest BCUT2D eigenvalue weighted by Crippen LogP contribution is 2.24. The van der Waals surface area contributed by atoms with Gasteiger partial charge < -0.3 is 4.74 Å². The SMILES string of the molecule is CC(=O)Cc1ccc(OC2=CC(=O)c3ccccc3C2=O)cc1. The number of hydrogen-bond donors (Lipinski definition) is 0. The zero-order chi connectivity index (χ0) is 16.4. The molecule has 2 aromatic carbocycles. The number of ether oxygens (including phenoxy) is 1. The van der Waals surface area contributed by atoms with E-state index >= 15 is 0 Å². The molecule has 0 saturated heterocycles. The first-order chi connectivity index (χ1) is 11.0. The summed E-state index contributed by atoms with van der Waals surface area (Å²) in [6.07, 6.45) is 1.57. The minimum Gasteiger partial charge on any atom is -0.453 e. The van der Waals surface area contributed by atoms with Gasteiger partial charge in [-0.3, -0.25) is 14.4 Å². The number of fused-ring (bicyclic) bond motifs is 1. The molecule has 1 aliphatic rings. The van der Waals surface area contributed by atoms with Crippen molar-refractivity contribution in [1.29, 1.82) is 0 Å². The van der Waals surface area contributed by atoms with Gasteiger partial charge in [-0.1, -0.05) is 36.4 Å². The summed E-state index contributed by atoms with van der Waals surface area (Å²) in [5, 5.41) is 0. The minimum absolute atomic E-state index is 0.00742. The molecule has 114 valence electrons. The number of Topliss-reactive ketones (excluding diaryl/α,β-unsaturated/α-hetero) is 2. The highest BCUT2D eigenvalue weighted by atomic mass is 16.5. The Kier molecular flexibility index (Phi) is 3.89. The van der Waals surface area contributed by atoms with Crippen LogP contribution in [0.2, 0.25) is 0 Å². The molecule has 23 heavy (non-hydrogen) atoms. The molecule has 0 radical (unpaired) electrons. The molecule has 0 unspecified atom stereocenters. The molecular weight excluding hydrogens is 292 g/mol. The third-order valence-electron chi connectivity index (χ3n) is 3.53. The molecule has 2 aromatic rings. The number of ketones is 3. The molecule has 0 saturated carbocycles. The Hall–Kier alpha value is -3.01. The first kappa shape index (κ1) is 14.9. The van der Waals surface area contributed by atoms with Crippen LogP contribution in [0.25, 0.3) is 0 Å². The third kappa shape index (κ3) is 3.11. The smallest absolute Gasteiger partial charge is 0.229 e. The highest BCUT2D eigenvalue weighted by molar-refractivity contribution is 6.23. The Morgan fingerprint density at radius 1 is 0.957 bits per heavy atom. The van der Waals surface area contributed by atoms with E-state index < -0.39 is 0 Å². The van der Waals surface area contributed by atoms with E-state index in [1.54, 1.807) is 48.5 Å². The maximum atomic E-state index is 12.4. The number of hydrogen-bond acceptors (Lipinski definition) is 4. The minimum atomic E-state index is -0.312. The van der Waals surface area contributed by atoms with Gasteiger partial charge in [-0.05, 0) is 24.6 Å². The molecule has 3 rings (SSSR count). The van der Waals surface area contributed by atoms with Crippen molar-refractivity contribution in [3.8, 4) is 5.75 Å². The van der Waals surface area contributed by atoms with Gasteiger partial charge in [0, 0.05) is 23.6 Å². The Balaban J connectivity index is 1.82. The summed E-state index contributed by atoms with van der Waals surface area (Å²) in [6.45, 7) is 1.53. The molecule has 0 atom stereocenters. The lowest BCUT2D eigenvalue weighted by atomic mass is 9.94. The van der Waals surface area contributed by atoms with Crippen molar-refractivity contribution in [2.75, 3.05) is 0 Å². The van der Waals surface area contributed by atoms with Gasteiger partial charge in [0.25, 0.3) is 0 Å². The Morgan fingerprint density at radius 3 is 2.26 bits per heavy atom. The van der Waals surface area contributed by atoms with E-state index in [9.17, 15) is 14.4 Å². The lowest BCUT2D eigenvalue weighted by Gasteiger charge is -2.15. The lowest BCUT2D eigenvalue weighted by Crippen LogP contribution is -2.20. The normalized spacial score (nSPS) is 13.3. The molecule has 4 heteroatoms. The maximum Gasteiger partial charge on any atom is 0.229 e. The van der Waals surface area contributed by atoms with Crippen molar-refractivity contribution in [2.45, 2.75) is 13.3 Å². The quantitative estimate of drug-likeness (QED) is 0.870. The first-order valence-corrected chi connectivity index (χ1v) is 7.20. The van der Waals surface area contributed by atoms with Crippen molar-refractivity contribution in [2.24, 2.45) is 0 Å². The molecule has 0 spiro atoms. The summed E-state index contributed by atoms with van der Waals surface area (Å²) in [6, 6.07) is 13.6. The monoisotopic (exact) mass is 306 g/mol. The largest absolute Gasteiger partial charge is 0.453 e. The van der Waals surface area contributed by atoms with Crippen LogP contribution < -0.4 is 4.74 Å². The summed E-state index contributed by atoms with van der Waals surface area (Å²) >= 11 is 0. The molecule has 1 aliphatic carbocycles. The van der Waals surface area contributed by atoms with Crippen LogP contribution in [-0.2, 0) is 11.2 Å². The van der Waals surface area contributed by atoms with E-state index in [1.807, 2.05) is 0 Å². The van der Waals surface area contributed by atoms with Crippen LogP contribution in [0.5, 0.6) is 5.75 Å². The second kappa shape index (κ2) is 6.01. The molecule has 0 N–H and O–H groups in total. The van der Waals surface area contributed by atoms with Gasteiger partial charge in [-0.25, -0.2) is 0 Å². The van der Waals surface area contributed by atoms with Crippen LogP contribution in [0.3, 0.4) is 0 Å². The van der Waals surface area contributed by atoms with Gasteiger partial charge in [0.1, 0.15) is 11.5 Å². The fraction of sp³-hybridized carbons (Fsp3) is 0.105. The number of carbonyl (C=O) groups is 3. The summed E-state index contributed by atoms with van der Waals surface area (Å²) in [7, 11) is 0. The predicted molar refractivity (Wildman–Crippen MR) is 84.6 cm³/mol. The first-order valence-electron chi connectivity index (χ1n) is 7.20. The molecule has 0 amide bonds. The van der Waals surface area contributed by atoms with Crippen LogP contribution in [0, 0.1) is 0 Å². The molecule has 0 aliphatic heterocycles. The number of rotatable bonds is 4. The van der Waals surface area contributed by atoms with Crippen molar-refractivity contribution < 1.29 is 19.1 Å². The molecule has 0 heterocycles. The standard InChI is InChI=1S/C19H14O4/c1-12(20)10-13-6-8-14(9-7-13)23-18-11-17(21)15-4-2-3-5-16(15)19(18)22/h2-9,11H,10H2,1H3. The molecular formula is C19H14O4.